The number of rotatable bonds is 2. The van der Waals surface area contributed by atoms with Crippen molar-refractivity contribution < 1.29 is 4.79 Å². The van der Waals surface area contributed by atoms with E-state index in [2.05, 4.69) is 17.6 Å². The monoisotopic (exact) mass is 196 g/mol. The lowest BCUT2D eigenvalue weighted by Gasteiger charge is -2.28. The average Bonchev–Trinajstić information content (AvgIpc) is 2.71. The molecule has 0 radical (unpaired) electrons. The highest BCUT2D eigenvalue weighted by atomic mass is 16.1. The zero-order chi connectivity index (χ0) is 9.97. The van der Waals surface area contributed by atoms with Crippen LogP contribution >= 0.6 is 0 Å². The summed E-state index contributed by atoms with van der Waals surface area (Å²) in [5.41, 5.74) is 0. The maximum absolute atomic E-state index is 12.0. The third kappa shape index (κ3) is 2.15. The summed E-state index contributed by atoms with van der Waals surface area (Å²) in [7, 11) is 0. The van der Waals surface area contributed by atoms with Gasteiger partial charge in [-0.25, -0.2) is 0 Å². The fourth-order valence-electron chi connectivity index (χ4n) is 2.47. The van der Waals surface area contributed by atoms with Gasteiger partial charge in [0.1, 0.15) is 5.78 Å². The van der Waals surface area contributed by atoms with Crippen molar-refractivity contribution in [2.75, 3.05) is 19.6 Å². The van der Waals surface area contributed by atoms with Crippen LogP contribution in [0.3, 0.4) is 0 Å². The van der Waals surface area contributed by atoms with Gasteiger partial charge in [-0.05, 0) is 32.7 Å². The van der Waals surface area contributed by atoms with Crippen molar-refractivity contribution in [1.82, 2.24) is 10.6 Å². The zero-order valence-corrected chi connectivity index (χ0v) is 8.88. The van der Waals surface area contributed by atoms with Gasteiger partial charge in [-0.15, -0.1) is 0 Å². The third-order valence-corrected chi connectivity index (χ3v) is 3.53. The van der Waals surface area contributed by atoms with E-state index in [-0.39, 0.29) is 5.92 Å². The van der Waals surface area contributed by atoms with E-state index in [9.17, 15) is 4.79 Å². The highest BCUT2D eigenvalue weighted by Crippen LogP contribution is 2.21. The molecule has 2 saturated heterocycles. The van der Waals surface area contributed by atoms with Gasteiger partial charge in [0.25, 0.3) is 0 Å². The second-order valence-electron chi connectivity index (χ2n) is 4.68. The minimum absolute atomic E-state index is 0.288. The Bertz CT molecular complexity index is 203. The Labute approximate surface area is 85.6 Å². The number of piperidine rings is 1. The van der Waals surface area contributed by atoms with Crippen LogP contribution < -0.4 is 10.6 Å². The Hall–Kier alpha value is -0.410. The summed E-state index contributed by atoms with van der Waals surface area (Å²) in [4.78, 5) is 12.0. The first kappa shape index (κ1) is 10.1. The SMILES string of the molecule is CC1CCC(C(=O)C2CCNC2)CN1. The van der Waals surface area contributed by atoms with Crippen LogP contribution in [0.2, 0.25) is 0 Å². The predicted molar refractivity (Wildman–Crippen MR) is 56.2 cm³/mol. The molecular weight excluding hydrogens is 176 g/mol. The fourth-order valence-corrected chi connectivity index (χ4v) is 2.47. The van der Waals surface area contributed by atoms with Gasteiger partial charge in [-0.1, -0.05) is 0 Å². The van der Waals surface area contributed by atoms with Gasteiger partial charge in [-0.3, -0.25) is 4.79 Å². The van der Waals surface area contributed by atoms with E-state index in [0.717, 1.165) is 38.9 Å². The average molecular weight is 196 g/mol. The molecule has 2 heterocycles. The van der Waals surface area contributed by atoms with Crippen LogP contribution in [0.1, 0.15) is 26.2 Å². The molecule has 2 fully saturated rings. The number of carbonyl (C=O) groups excluding carboxylic acids is 1. The molecule has 14 heavy (non-hydrogen) atoms. The topological polar surface area (TPSA) is 41.1 Å². The van der Waals surface area contributed by atoms with E-state index in [1.807, 2.05) is 0 Å². The van der Waals surface area contributed by atoms with Crippen LogP contribution in [0.5, 0.6) is 0 Å². The van der Waals surface area contributed by atoms with Gasteiger partial charge < -0.3 is 10.6 Å². The van der Waals surface area contributed by atoms with Crippen molar-refractivity contribution in [2.24, 2.45) is 11.8 Å². The lowest BCUT2D eigenvalue weighted by molar-refractivity contribution is -0.126. The maximum atomic E-state index is 12.0. The molecule has 0 aromatic carbocycles. The summed E-state index contributed by atoms with van der Waals surface area (Å²) in [6.45, 7) is 5.02. The third-order valence-electron chi connectivity index (χ3n) is 3.53. The first-order valence-electron chi connectivity index (χ1n) is 5.75. The minimum Gasteiger partial charge on any atom is -0.316 e. The quantitative estimate of drug-likeness (QED) is 0.678. The second-order valence-corrected chi connectivity index (χ2v) is 4.68. The van der Waals surface area contributed by atoms with E-state index < -0.39 is 0 Å². The molecule has 3 heteroatoms. The molecule has 80 valence electrons. The van der Waals surface area contributed by atoms with E-state index >= 15 is 0 Å². The van der Waals surface area contributed by atoms with Gasteiger partial charge in [0.2, 0.25) is 0 Å². The molecule has 0 aromatic heterocycles. The number of Topliss-reactive ketones (excluding diaryl/α,β-unsaturated/α-hetero) is 1. The van der Waals surface area contributed by atoms with Crippen molar-refractivity contribution in [1.29, 1.82) is 0 Å². The summed E-state index contributed by atoms with van der Waals surface area (Å²) in [6, 6.07) is 0.598. The number of ketones is 1. The normalized spacial score (nSPS) is 38.5. The van der Waals surface area contributed by atoms with Crippen LogP contribution in [-0.4, -0.2) is 31.5 Å². The first-order valence-corrected chi connectivity index (χ1v) is 5.75. The number of carbonyl (C=O) groups is 1. The largest absolute Gasteiger partial charge is 0.316 e. The molecule has 0 spiro atoms. The molecular formula is C11H20N2O. The predicted octanol–water partition coefficient (Wildman–Crippen LogP) is 0.553. The Morgan fingerprint density at radius 3 is 2.50 bits per heavy atom. The first-order chi connectivity index (χ1) is 6.77. The molecule has 0 aromatic rings. The molecule has 0 amide bonds. The summed E-state index contributed by atoms with van der Waals surface area (Å²) >= 11 is 0. The molecule has 2 N–H and O–H groups in total. The van der Waals surface area contributed by atoms with Crippen LogP contribution in [0.4, 0.5) is 0 Å². The summed E-state index contributed by atoms with van der Waals surface area (Å²) in [5.74, 6) is 1.08. The number of nitrogens with one attached hydrogen (secondary N) is 2. The molecule has 0 bridgehead atoms. The van der Waals surface area contributed by atoms with E-state index in [1.165, 1.54) is 0 Å². The van der Waals surface area contributed by atoms with Crippen molar-refractivity contribution >= 4 is 5.78 Å². The Morgan fingerprint density at radius 2 is 1.93 bits per heavy atom. The zero-order valence-electron chi connectivity index (χ0n) is 8.88. The van der Waals surface area contributed by atoms with E-state index in [4.69, 9.17) is 0 Å². The molecule has 0 aliphatic carbocycles. The summed E-state index contributed by atoms with van der Waals surface area (Å²) in [5, 5.41) is 6.66. The van der Waals surface area contributed by atoms with Crippen molar-refractivity contribution in [3.05, 3.63) is 0 Å². The van der Waals surface area contributed by atoms with Gasteiger partial charge in [0.05, 0.1) is 0 Å². The van der Waals surface area contributed by atoms with Crippen molar-refractivity contribution in [2.45, 2.75) is 32.2 Å². The molecule has 0 saturated carbocycles. The smallest absolute Gasteiger partial charge is 0.141 e. The maximum Gasteiger partial charge on any atom is 0.141 e. The minimum atomic E-state index is 0.288. The summed E-state index contributed by atoms with van der Waals surface area (Å²) in [6.07, 6.45) is 3.28. The Morgan fingerprint density at radius 1 is 1.14 bits per heavy atom. The van der Waals surface area contributed by atoms with Crippen LogP contribution in [0.15, 0.2) is 0 Å². The van der Waals surface area contributed by atoms with Gasteiger partial charge in [0, 0.05) is 31.0 Å². The number of hydrogen-bond donors (Lipinski definition) is 2. The molecule has 2 aliphatic rings. The lowest BCUT2D eigenvalue weighted by atomic mass is 9.85. The van der Waals surface area contributed by atoms with Crippen LogP contribution in [0, 0.1) is 11.8 Å². The molecule has 3 nitrogen and oxygen atoms in total. The highest BCUT2D eigenvalue weighted by Gasteiger charge is 2.30. The van der Waals surface area contributed by atoms with E-state index in [1.54, 1.807) is 0 Å². The van der Waals surface area contributed by atoms with Gasteiger partial charge in [0.15, 0.2) is 0 Å². The van der Waals surface area contributed by atoms with Crippen LogP contribution in [0.25, 0.3) is 0 Å². The molecule has 3 atom stereocenters. The summed E-state index contributed by atoms with van der Waals surface area (Å²) < 4.78 is 0. The standard InChI is InChI=1S/C11H20N2O/c1-8-2-3-9(7-13-8)11(14)10-4-5-12-6-10/h8-10,12-13H,2-7H2,1H3. The lowest BCUT2D eigenvalue weighted by Crippen LogP contribution is -2.42. The molecule has 3 unspecified atom stereocenters. The molecule has 2 aliphatic heterocycles. The highest BCUT2D eigenvalue weighted by molar-refractivity contribution is 5.84. The Kier molecular flexibility index (Phi) is 3.19. The van der Waals surface area contributed by atoms with Crippen LogP contribution in [-0.2, 0) is 4.79 Å². The fraction of sp³-hybridized carbons (Fsp3) is 0.909. The molecule has 2 rings (SSSR count). The Balaban J connectivity index is 1.85. The second kappa shape index (κ2) is 4.41. The van der Waals surface area contributed by atoms with Crippen molar-refractivity contribution in [3.63, 3.8) is 0 Å². The van der Waals surface area contributed by atoms with Crippen molar-refractivity contribution in [3.8, 4) is 0 Å². The van der Waals surface area contributed by atoms with E-state index in [0.29, 0.717) is 17.7 Å². The number of hydrogen-bond acceptors (Lipinski definition) is 3. The van der Waals surface area contributed by atoms with Gasteiger partial charge in [-0.2, -0.15) is 0 Å². The van der Waals surface area contributed by atoms with Gasteiger partial charge >= 0.3 is 0 Å².